The fourth-order valence-corrected chi connectivity index (χ4v) is 5.21. The molecule has 53 heavy (non-hydrogen) atoms. The Bertz CT molecular complexity index is 1420. The number of amides is 6. The van der Waals surface area contributed by atoms with Gasteiger partial charge in [-0.25, -0.2) is 4.79 Å². The van der Waals surface area contributed by atoms with Crippen molar-refractivity contribution in [1.29, 1.82) is 0 Å². The number of carbonyl (C=O) groups is 7. The average molecular weight is 748 g/mol. The minimum absolute atomic E-state index is 0.0863. The van der Waals surface area contributed by atoms with Gasteiger partial charge in [-0.2, -0.15) is 0 Å². The predicted molar refractivity (Wildman–Crippen MR) is 198 cm³/mol. The molecule has 0 spiro atoms. The lowest BCUT2D eigenvalue weighted by atomic mass is 9.99. The number of rotatable bonds is 19. The molecule has 0 radical (unpaired) electrons. The Kier molecular flexibility index (Phi) is 18.8. The molecule has 16 heteroatoms. The summed E-state index contributed by atoms with van der Waals surface area (Å²) in [6, 6.07) is 1.97. The molecule has 7 atom stereocenters. The number of benzene rings is 1. The molecule has 6 amide bonds. The van der Waals surface area contributed by atoms with Crippen molar-refractivity contribution in [1.82, 2.24) is 30.2 Å². The monoisotopic (exact) mass is 747 g/mol. The number of carbonyl (C=O) groups excluding carboxylic acids is 7. The van der Waals surface area contributed by atoms with Crippen molar-refractivity contribution in [2.75, 3.05) is 34.7 Å². The number of esters is 1. The maximum atomic E-state index is 13.9. The summed E-state index contributed by atoms with van der Waals surface area (Å²) in [6.07, 6.45) is -0.810. The van der Waals surface area contributed by atoms with Crippen LogP contribution >= 0.6 is 0 Å². The van der Waals surface area contributed by atoms with Gasteiger partial charge < -0.3 is 40.9 Å². The number of ether oxygens (including phenoxy) is 1. The molecule has 0 heterocycles. The summed E-state index contributed by atoms with van der Waals surface area (Å²) in [6.45, 7) is 12.3. The van der Waals surface area contributed by atoms with Gasteiger partial charge in [-0.05, 0) is 51.6 Å². The third kappa shape index (κ3) is 12.6. The molecule has 298 valence electrons. The minimum atomic E-state index is -1.37. The zero-order valence-electron chi connectivity index (χ0n) is 33.3. The van der Waals surface area contributed by atoms with Crippen molar-refractivity contribution in [3.8, 4) is 0 Å². The number of nitrogens with one attached hydrogen (secondary N) is 2. The van der Waals surface area contributed by atoms with Crippen LogP contribution in [0.15, 0.2) is 30.3 Å². The van der Waals surface area contributed by atoms with Crippen LogP contribution < -0.4 is 16.4 Å². The molecule has 1 aromatic carbocycles. The van der Waals surface area contributed by atoms with Gasteiger partial charge >= 0.3 is 5.97 Å². The highest BCUT2D eigenvalue weighted by molar-refractivity contribution is 6.04. The summed E-state index contributed by atoms with van der Waals surface area (Å²) in [7, 11) is 5.68. The van der Waals surface area contributed by atoms with Gasteiger partial charge in [0.1, 0.15) is 36.8 Å². The maximum Gasteiger partial charge on any atom is 0.329 e. The molecule has 0 aliphatic heterocycles. The van der Waals surface area contributed by atoms with Gasteiger partial charge in [-0.3, -0.25) is 33.7 Å². The van der Waals surface area contributed by atoms with Gasteiger partial charge in [0.2, 0.25) is 29.5 Å². The first-order chi connectivity index (χ1) is 24.6. The van der Waals surface area contributed by atoms with Crippen molar-refractivity contribution < 1.29 is 43.4 Å². The second kappa shape index (κ2) is 21.3. The molecule has 0 fully saturated rings. The number of imide groups is 1. The van der Waals surface area contributed by atoms with Crippen molar-refractivity contribution >= 4 is 41.4 Å². The maximum absolute atomic E-state index is 13.9. The van der Waals surface area contributed by atoms with Crippen LogP contribution in [0.5, 0.6) is 0 Å². The lowest BCUT2D eigenvalue weighted by Crippen LogP contribution is -2.61. The van der Waals surface area contributed by atoms with E-state index in [-0.39, 0.29) is 25.5 Å². The van der Waals surface area contributed by atoms with Crippen LogP contribution in [0.1, 0.15) is 67.4 Å². The number of likely N-dealkylation sites (N-methyl/N-ethyl adjacent to an activating group) is 4. The molecule has 1 aromatic rings. The van der Waals surface area contributed by atoms with E-state index in [2.05, 4.69) is 10.6 Å². The number of hydrogen-bond acceptors (Lipinski definition) is 11. The molecule has 0 saturated heterocycles. The van der Waals surface area contributed by atoms with Gasteiger partial charge in [0.05, 0.1) is 18.7 Å². The average Bonchev–Trinajstić information content (AvgIpc) is 3.13. The summed E-state index contributed by atoms with van der Waals surface area (Å²) in [5.41, 5.74) is 6.72. The number of nitrogens with zero attached hydrogens (tertiary/aromatic N) is 4. The highest BCUT2D eigenvalue weighted by Gasteiger charge is 2.41. The highest BCUT2D eigenvalue weighted by atomic mass is 16.5. The Morgan fingerprint density at radius 3 is 1.81 bits per heavy atom. The second-order valence-corrected chi connectivity index (χ2v) is 14.1. The summed E-state index contributed by atoms with van der Waals surface area (Å²) >= 11 is 0. The predicted octanol–water partition coefficient (Wildman–Crippen LogP) is 0.109. The number of aliphatic hydroxyl groups excluding tert-OH is 1. The molecule has 3 unspecified atom stereocenters. The topological polar surface area (TPSA) is 212 Å². The zero-order valence-corrected chi connectivity index (χ0v) is 33.3. The lowest BCUT2D eigenvalue weighted by Gasteiger charge is -2.35. The molecular weight excluding hydrogens is 686 g/mol. The standard InChI is InChI=1S/C37H61N7O9/c1-13-27(38)34(49)44(25(8)37(52)53-20-26-17-15-14-16-18-26)33(48)24(7)43(12)36(51)29(21(2)3)40-32(47)23(6)42(11)28(45)19-41(10)35(50)30(39-9)31(46)22(4)5/h14-18,21-25,27,29-31,39,46H,13,19-20,38H2,1-12H3,(H,40,47)/t23?,24-,25-,27?,29-,30?,31+/m0/s1. The van der Waals surface area contributed by atoms with E-state index in [1.807, 2.05) is 0 Å². The van der Waals surface area contributed by atoms with Crippen molar-refractivity contribution in [3.63, 3.8) is 0 Å². The van der Waals surface area contributed by atoms with Gasteiger partial charge in [-0.1, -0.05) is 65.0 Å². The molecule has 16 nitrogen and oxygen atoms in total. The van der Waals surface area contributed by atoms with Crippen molar-refractivity contribution in [2.24, 2.45) is 17.6 Å². The number of hydrogen-bond donors (Lipinski definition) is 4. The first-order valence-corrected chi connectivity index (χ1v) is 17.9. The van der Waals surface area contributed by atoms with Crippen molar-refractivity contribution in [2.45, 2.75) is 111 Å². The normalized spacial score (nSPS) is 15.2. The van der Waals surface area contributed by atoms with Gasteiger partial charge in [-0.15, -0.1) is 0 Å². The minimum Gasteiger partial charge on any atom is -0.459 e. The van der Waals surface area contributed by atoms with E-state index in [1.54, 1.807) is 65.0 Å². The smallest absolute Gasteiger partial charge is 0.329 e. The molecule has 0 aliphatic rings. The van der Waals surface area contributed by atoms with Gasteiger partial charge in [0.15, 0.2) is 0 Å². The van der Waals surface area contributed by atoms with Crippen LogP contribution in [0.3, 0.4) is 0 Å². The van der Waals surface area contributed by atoms with E-state index in [9.17, 15) is 38.7 Å². The number of nitrogens with two attached hydrogens (primary N) is 1. The van der Waals surface area contributed by atoms with Gasteiger partial charge in [0, 0.05) is 21.1 Å². The first kappa shape index (κ1) is 46.6. The third-order valence-corrected chi connectivity index (χ3v) is 9.40. The van der Waals surface area contributed by atoms with Crippen LogP contribution in [-0.4, -0.2) is 143 Å². The van der Waals surface area contributed by atoms with E-state index >= 15 is 0 Å². The molecule has 0 aromatic heterocycles. The van der Waals surface area contributed by atoms with E-state index < -0.39 is 89.7 Å². The Morgan fingerprint density at radius 2 is 1.32 bits per heavy atom. The SMILES string of the molecule is CCC(N)C(=O)N(C(=O)[C@H](C)N(C)C(=O)[C@@H](NC(=O)C(C)N(C)C(=O)CN(C)C(=O)C(NC)[C@H](O)C(C)C)C(C)C)[C@@H](C)C(=O)OCc1ccccc1. The molecule has 0 saturated carbocycles. The molecular formula is C37H61N7O9. The first-order valence-electron chi connectivity index (χ1n) is 17.9. The second-order valence-electron chi connectivity index (χ2n) is 14.1. The fourth-order valence-electron chi connectivity index (χ4n) is 5.21. The van der Waals surface area contributed by atoms with E-state index in [1.165, 1.54) is 49.0 Å². The van der Waals surface area contributed by atoms with Crippen LogP contribution in [0.25, 0.3) is 0 Å². The fraction of sp³-hybridized carbons (Fsp3) is 0.649. The Balaban J connectivity index is 3.13. The quantitative estimate of drug-likeness (QED) is 0.140. The largest absolute Gasteiger partial charge is 0.459 e. The Hall–Kier alpha value is -4.41. The summed E-state index contributed by atoms with van der Waals surface area (Å²) in [5.74, 6) is -5.61. The lowest BCUT2D eigenvalue weighted by molar-refractivity contribution is -0.164. The molecule has 5 N–H and O–H groups in total. The van der Waals surface area contributed by atoms with Gasteiger partial charge in [0.25, 0.3) is 5.91 Å². The summed E-state index contributed by atoms with van der Waals surface area (Å²) < 4.78 is 5.40. The van der Waals surface area contributed by atoms with Crippen LogP contribution in [0, 0.1) is 11.8 Å². The highest BCUT2D eigenvalue weighted by Crippen LogP contribution is 2.16. The zero-order chi connectivity index (χ0) is 40.9. The van der Waals surface area contributed by atoms with Crippen molar-refractivity contribution in [3.05, 3.63) is 35.9 Å². The Labute approximate surface area is 313 Å². The summed E-state index contributed by atoms with van der Waals surface area (Å²) in [5, 5.41) is 15.9. The number of aliphatic hydroxyl groups is 1. The molecule has 1 rings (SSSR count). The van der Waals surface area contributed by atoms with E-state index in [0.717, 1.165) is 19.6 Å². The van der Waals surface area contributed by atoms with Crippen LogP contribution in [0.4, 0.5) is 0 Å². The van der Waals surface area contributed by atoms with E-state index in [4.69, 9.17) is 10.5 Å². The van der Waals surface area contributed by atoms with Crippen LogP contribution in [-0.2, 0) is 44.9 Å². The van der Waals surface area contributed by atoms with E-state index in [0.29, 0.717) is 5.56 Å². The molecule has 0 bridgehead atoms. The molecule has 0 aliphatic carbocycles. The Morgan fingerprint density at radius 1 is 0.755 bits per heavy atom. The van der Waals surface area contributed by atoms with Crippen LogP contribution in [0.2, 0.25) is 0 Å². The summed E-state index contributed by atoms with van der Waals surface area (Å²) in [4.78, 5) is 97.8. The third-order valence-electron chi connectivity index (χ3n) is 9.40.